The molecular formula is C10H12N4O. The smallest absolute Gasteiger partial charge is 0.153 e. The van der Waals surface area contributed by atoms with Crippen LogP contribution in [-0.2, 0) is 0 Å². The molecule has 5 heteroatoms. The summed E-state index contributed by atoms with van der Waals surface area (Å²) < 4.78 is 7.16. The van der Waals surface area contributed by atoms with E-state index in [4.69, 9.17) is 4.74 Å². The Morgan fingerprint density at radius 1 is 1.33 bits per heavy atom. The zero-order chi connectivity index (χ0) is 10.7. The van der Waals surface area contributed by atoms with E-state index < -0.39 is 0 Å². The number of hydrogen-bond acceptors (Lipinski definition) is 4. The molecule has 0 saturated carbocycles. The van der Waals surface area contributed by atoms with E-state index in [1.54, 1.807) is 4.68 Å². The van der Waals surface area contributed by atoms with Gasteiger partial charge in [0, 0.05) is 0 Å². The average Bonchev–Trinajstić information content (AvgIpc) is 2.66. The average molecular weight is 204 g/mol. The molecule has 78 valence electrons. The van der Waals surface area contributed by atoms with Crippen molar-refractivity contribution in [3.05, 3.63) is 30.1 Å². The standard InChI is InChI=1S/C10H12N4O/c1-3-15-10-7-5-4-6-9(10)14-8(2)11-12-13-14/h4-7H,3H2,1-2H3. The summed E-state index contributed by atoms with van der Waals surface area (Å²) in [5.41, 5.74) is 0.863. The number of para-hydroxylation sites is 2. The van der Waals surface area contributed by atoms with Gasteiger partial charge in [0.25, 0.3) is 0 Å². The van der Waals surface area contributed by atoms with Gasteiger partial charge in [0.05, 0.1) is 6.61 Å². The van der Waals surface area contributed by atoms with E-state index in [-0.39, 0.29) is 0 Å². The van der Waals surface area contributed by atoms with E-state index in [0.717, 1.165) is 17.3 Å². The van der Waals surface area contributed by atoms with E-state index in [9.17, 15) is 0 Å². The first-order valence-electron chi connectivity index (χ1n) is 4.80. The van der Waals surface area contributed by atoms with Gasteiger partial charge in [-0.3, -0.25) is 0 Å². The molecule has 0 unspecified atom stereocenters. The van der Waals surface area contributed by atoms with Crippen molar-refractivity contribution < 1.29 is 4.74 Å². The topological polar surface area (TPSA) is 52.8 Å². The third kappa shape index (κ3) is 1.81. The maximum atomic E-state index is 5.50. The molecule has 0 saturated heterocycles. The van der Waals surface area contributed by atoms with E-state index in [1.807, 2.05) is 38.1 Å². The van der Waals surface area contributed by atoms with Gasteiger partial charge < -0.3 is 4.74 Å². The minimum Gasteiger partial charge on any atom is -0.492 e. The van der Waals surface area contributed by atoms with Crippen LogP contribution in [0.5, 0.6) is 5.75 Å². The van der Waals surface area contributed by atoms with E-state index in [1.165, 1.54) is 0 Å². The molecule has 0 fully saturated rings. The summed E-state index contributed by atoms with van der Waals surface area (Å²) in [6.07, 6.45) is 0. The molecule has 5 nitrogen and oxygen atoms in total. The lowest BCUT2D eigenvalue weighted by molar-refractivity contribution is 0.338. The molecule has 1 aromatic carbocycles. The summed E-state index contributed by atoms with van der Waals surface area (Å²) in [4.78, 5) is 0. The SMILES string of the molecule is CCOc1ccccc1-n1nnnc1C. The minimum atomic E-state index is 0.623. The number of rotatable bonds is 3. The normalized spacial score (nSPS) is 10.3. The highest BCUT2D eigenvalue weighted by Gasteiger charge is 2.08. The maximum absolute atomic E-state index is 5.50. The monoisotopic (exact) mass is 204 g/mol. The third-order valence-corrected chi connectivity index (χ3v) is 2.02. The number of aromatic nitrogens is 4. The van der Waals surface area contributed by atoms with Crippen molar-refractivity contribution in [3.8, 4) is 11.4 Å². The molecule has 0 aliphatic carbocycles. The number of nitrogens with zero attached hydrogens (tertiary/aromatic N) is 4. The van der Waals surface area contributed by atoms with Gasteiger partial charge in [0.15, 0.2) is 5.82 Å². The fourth-order valence-electron chi connectivity index (χ4n) is 1.36. The summed E-state index contributed by atoms with van der Waals surface area (Å²) in [6, 6.07) is 7.68. The fraction of sp³-hybridized carbons (Fsp3) is 0.300. The molecule has 0 atom stereocenters. The predicted octanol–water partition coefficient (Wildman–Crippen LogP) is 1.37. The van der Waals surface area contributed by atoms with Gasteiger partial charge >= 0.3 is 0 Å². The van der Waals surface area contributed by atoms with Gasteiger partial charge in [0.2, 0.25) is 0 Å². The lowest BCUT2D eigenvalue weighted by Gasteiger charge is -2.09. The molecular weight excluding hydrogens is 192 g/mol. The summed E-state index contributed by atoms with van der Waals surface area (Å²) in [6.45, 7) is 4.42. The van der Waals surface area contributed by atoms with Crippen LogP contribution in [0.3, 0.4) is 0 Å². The summed E-state index contributed by atoms with van der Waals surface area (Å²) in [5, 5.41) is 11.4. The lowest BCUT2D eigenvalue weighted by atomic mass is 10.3. The minimum absolute atomic E-state index is 0.623. The van der Waals surface area contributed by atoms with Crippen LogP contribution < -0.4 is 4.74 Å². The molecule has 1 aromatic heterocycles. The van der Waals surface area contributed by atoms with E-state index in [2.05, 4.69) is 15.5 Å². The van der Waals surface area contributed by atoms with Crippen LogP contribution in [0.1, 0.15) is 12.7 Å². The highest BCUT2D eigenvalue weighted by Crippen LogP contribution is 2.21. The number of benzene rings is 1. The number of hydrogen-bond donors (Lipinski definition) is 0. The Labute approximate surface area is 87.7 Å². The summed E-state index contributed by atoms with van der Waals surface area (Å²) in [7, 11) is 0. The zero-order valence-corrected chi connectivity index (χ0v) is 8.71. The molecule has 0 bridgehead atoms. The van der Waals surface area contributed by atoms with Crippen LogP contribution in [0, 0.1) is 6.92 Å². The van der Waals surface area contributed by atoms with Crippen molar-refractivity contribution in [2.24, 2.45) is 0 Å². The second-order valence-corrected chi connectivity index (χ2v) is 3.04. The van der Waals surface area contributed by atoms with Gasteiger partial charge in [0.1, 0.15) is 11.4 Å². The molecule has 1 heterocycles. The first-order chi connectivity index (χ1) is 7.33. The van der Waals surface area contributed by atoms with Crippen LogP contribution in [0.2, 0.25) is 0 Å². The Morgan fingerprint density at radius 2 is 2.13 bits per heavy atom. The van der Waals surface area contributed by atoms with Gasteiger partial charge in [-0.2, -0.15) is 4.68 Å². The first kappa shape index (κ1) is 9.64. The van der Waals surface area contributed by atoms with Gasteiger partial charge in [-0.15, -0.1) is 5.10 Å². The third-order valence-electron chi connectivity index (χ3n) is 2.02. The van der Waals surface area contributed by atoms with Crippen LogP contribution in [0.25, 0.3) is 5.69 Å². The van der Waals surface area contributed by atoms with Crippen molar-refractivity contribution in [1.29, 1.82) is 0 Å². The van der Waals surface area contributed by atoms with Crippen molar-refractivity contribution in [2.45, 2.75) is 13.8 Å². The Kier molecular flexibility index (Phi) is 2.62. The number of aryl methyl sites for hydroxylation is 1. The Hall–Kier alpha value is -1.91. The molecule has 0 spiro atoms. The lowest BCUT2D eigenvalue weighted by Crippen LogP contribution is -2.03. The maximum Gasteiger partial charge on any atom is 0.153 e. The molecule has 0 aliphatic rings. The van der Waals surface area contributed by atoms with Crippen LogP contribution >= 0.6 is 0 Å². The van der Waals surface area contributed by atoms with Gasteiger partial charge in [-0.05, 0) is 36.4 Å². The largest absolute Gasteiger partial charge is 0.492 e. The van der Waals surface area contributed by atoms with Gasteiger partial charge in [-0.1, -0.05) is 12.1 Å². The second-order valence-electron chi connectivity index (χ2n) is 3.04. The highest BCUT2D eigenvalue weighted by molar-refractivity contribution is 5.45. The fourth-order valence-corrected chi connectivity index (χ4v) is 1.36. The summed E-state index contributed by atoms with van der Waals surface area (Å²) in [5.74, 6) is 1.53. The highest BCUT2D eigenvalue weighted by atomic mass is 16.5. The van der Waals surface area contributed by atoms with Crippen LogP contribution in [0.4, 0.5) is 0 Å². The molecule has 0 N–H and O–H groups in total. The number of tetrazole rings is 1. The zero-order valence-electron chi connectivity index (χ0n) is 8.71. The second kappa shape index (κ2) is 4.08. The quantitative estimate of drug-likeness (QED) is 0.757. The number of ether oxygens (including phenoxy) is 1. The van der Waals surface area contributed by atoms with E-state index in [0.29, 0.717) is 6.61 Å². The molecule has 0 aliphatic heterocycles. The first-order valence-corrected chi connectivity index (χ1v) is 4.80. The Morgan fingerprint density at radius 3 is 2.80 bits per heavy atom. The van der Waals surface area contributed by atoms with E-state index >= 15 is 0 Å². The van der Waals surface area contributed by atoms with Crippen LogP contribution in [0.15, 0.2) is 24.3 Å². The molecule has 15 heavy (non-hydrogen) atoms. The molecule has 2 aromatic rings. The van der Waals surface area contributed by atoms with Crippen molar-refractivity contribution in [2.75, 3.05) is 6.61 Å². The molecule has 0 amide bonds. The van der Waals surface area contributed by atoms with Crippen molar-refractivity contribution >= 4 is 0 Å². The van der Waals surface area contributed by atoms with Crippen LogP contribution in [-0.4, -0.2) is 26.8 Å². The predicted molar refractivity (Wildman–Crippen MR) is 55.1 cm³/mol. The van der Waals surface area contributed by atoms with Gasteiger partial charge in [-0.25, -0.2) is 0 Å². The Bertz CT molecular complexity index is 452. The Balaban J connectivity index is 2.48. The molecule has 2 rings (SSSR count). The molecule has 0 radical (unpaired) electrons. The summed E-state index contributed by atoms with van der Waals surface area (Å²) >= 11 is 0. The van der Waals surface area contributed by atoms with Crippen molar-refractivity contribution in [3.63, 3.8) is 0 Å². The van der Waals surface area contributed by atoms with Crippen molar-refractivity contribution in [1.82, 2.24) is 20.2 Å².